The second-order valence-electron chi connectivity index (χ2n) is 6.42. The molecule has 2 aromatic carbocycles. The second-order valence-corrected chi connectivity index (χ2v) is 9.61. The first-order chi connectivity index (χ1) is 13.5. The molecule has 8 heteroatoms. The van der Waals surface area contributed by atoms with Crippen LogP contribution in [0.5, 0.6) is 5.75 Å². The van der Waals surface area contributed by atoms with Crippen LogP contribution in [0.4, 0.5) is 5.13 Å². The molecule has 1 heterocycles. The molecule has 0 radical (unpaired) electrons. The largest absolute Gasteiger partial charge is 0.497 e. The molecule has 28 heavy (non-hydrogen) atoms. The molecule has 1 aliphatic rings. The van der Waals surface area contributed by atoms with Crippen molar-refractivity contribution in [2.45, 2.75) is 17.7 Å². The van der Waals surface area contributed by atoms with Gasteiger partial charge in [0.25, 0.3) is 0 Å². The number of fused-ring (bicyclic) bond motifs is 3. The van der Waals surface area contributed by atoms with Gasteiger partial charge in [0.05, 0.1) is 23.5 Å². The fourth-order valence-corrected chi connectivity index (χ4v) is 5.38. The molecule has 0 bridgehead atoms. The Bertz CT molecular complexity index is 1140. The molecule has 0 saturated heterocycles. The number of nitrogens with zero attached hydrogens (tertiary/aromatic N) is 1. The molecule has 3 aromatic rings. The Morgan fingerprint density at radius 1 is 1.18 bits per heavy atom. The Kier molecular flexibility index (Phi) is 4.91. The van der Waals surface area contributed by atoms with Crippen LogP contribution >= 0.6 is 11.3 Å². The first-order valence-corrected chi connectivity index (χ1v) is 11.2. The summed E-state index contributed by atoms with van der Waals surface area (Å²) >= 11 is 1.43. The lowest BCUT2D eigenvalue weighted by Crippen LogP contribution is -2.17. The maximum absolute atomic E-state index is 12.4. The molecule has 0 aliphatic heterocycles. The number of anilines is 1. The van der Waals surface area contributed by atoms with Crippen molar-refractivity contribution >= 4 is 32.2 Å². The summed E-state index contributed by atoms with van der Waals surface area (Å²) in [4.78, 5) is 18.0. The fourth-order valence-electron chi connectivity index (χ4n) is 3.12. The standard InChI is InChI=1S/C20H18N2O4S2/c1-26-14-6-8-15(9-7-14)28(24,25)11-10-18(23)21-20-22-19-16-5-3-2-4-13(16)12-17(19)27-20/h2-9H,10-12H2,1H3,(H,21,22,23). The van der Waals surface area contributed by atoms with Gasteiger partial charge in [-0.25, -0.2) is 13.4 Å². The molecule has 1 N–H and O–H groups in total. The quantitative estimate of drug-likeness (QED) is 0.522. The van der Waals surface area contributed by atoms with Crippen LogP contribution in [0.2, 0.25) is 0 Å². The topological polar surface area (TPSA) is 85.4 Å². The predicted octanol–water partition coefficient (Wildman–Crippen LogP) is 3.53. The van der Waals surface area contributed by atoms with E-state index in [0.717, 1.165) is 22.6 Å². The number of thiazole rings is 1. The maximum Gasteiger partial charge on any atom is 0.227 e. The predicted molar refractivity (Wildman–Crippen MR) is 109 cm³/mol. The molecule has 1 aromatic heterocycles. The van der Waals surface area contributed by atoms with Gasteiger partial charge in [0.2, 0.25) is 5.91 Å². The highest BCUT2D eigenvalue weighted by atomic mass is 32.2. The molecule has 144 valence electrons. The third-order valence-corrected chi connectivity index (χ3v) is 7.29. The van der Waals surface area contributed by atoms with E-state index >= 15 is 0 Å². The first kappa shape index (κ1) is 18.6. The summed E-state index contributed by atoms with van der Waals surface area (Å²) < 4.78 is 29.8. The van der Waals surface area contributed by atoms with Gasteiger partial charge < -0.3 is 10.1 Å². The number of aromatic nitrogens is 1. The molecule has 0 spiro atoms. The number of rotatable bonds is 6. The van der Waals surface area contributed by atoms with Crippen LogP contribution in [0.3, 0.4) is 0 Å². The summed E-state index contributed by atoms with van der Waals surface area (Å²) in [6.45, 7) is 0. The van der Waals surface area contributed by atoms with Crippen molar-refractivity contribution in [3.63, 3.8) is 0 Å². The molecular weight excluding hydrogens is 396 g/mol. The van der Waals surface area contributed by atoms with E-state index < -0.39 is 9.84 Å². The minimum Gasteiger partial charge on any atom is -0.497 e. The van der Waals surface area contributed by atoms with Crippen LogP contribution in [0.15, 0.2) is 53.4 Å². The van der Waals surface area contributed by atoms with Crippen molar-refractivity contribution in [3.05, 3.63) is 59.0 Å². The molecule has 4 rings (SSSR count). The lowest BCUT2D eigenvalue weighted by atomic mass is 10.1. The summed E-state index contributed by atoms with van der Waals surface area (Å²) in [6.07, 6.45) is 0.681. The number of nitrogens with one attached hydrogen (secondary N) is 1. The Morgan fingerprint density at radius 3 is 2.68 bits per heavy atom. The van der Waals surface area contributed by atoms with E-state index in [1.807, 2.05) is 18.2 Å². The summed E-state index contributed by atoms with van der Waals surface area (Å²) in [7, 11) is -2.03. The molecule has 1 aliphatic carbocycles. The van der Waals surface area contributed by atoms with E-state index in [-0.39, 0.29) is 23.0 Å². The van der Waals surface area contributed by atoms with Gasteiger partial charge in [-0.2, -0.15) is 0 Å². The Hall–Kier alpha value is -2.71. The molecule has 6 nitrogen and oxygen atoms in total. The zero-order valence-corrected chi connectivity index (χ0v) is 16.8. The van der Waals surface area contributed by atoms with E-state index in [4.69, 9.17) is 4.74 Å². The van der Waals surface area contributed by atoms with Crippen molar-refractivity contribution in [2.75, 3.05) is 18.2 Å². The monoisotopic (exact) mass is 414 g/mol. The average Bonchev–Trinajstić information content (AvgIpc) is 3.23. The molecule has 0 unspecified atom stereocenters. The third kappa shape index (κ3) is 3.65. The zero-order chi connectivity index (χ0) is 19.7. The molecule has 0 saturated carbocycles. The summed E-state index contributed by atoms with van der Waals surface area (Å²) in [5.41, 5.74) is 3.23. The van der Waals surface area contributed by atoms with Crippen LogP contribution in [0.1, 0.15) is 16.9 Å². The summed E-state index contributed by atoms with van der Waals surface area (Å²) in [5, 5.41) is 3.23. The van der Waals surface area contributed by atoms with Crippen molar-refractivity contribution in [3.8, 4) is 17.0 Å². The molecular formula is C20H18N2O4S2. The van der Waals surface area contributed by atoms with Gasteiger partial charge in [0, 0.05) is 23.3 Å². The zero-order valence-electron chi connectivity index (χ0n) is 15.1. The number of carbonyl (C=O) groups excluding carboxylic acids is 1. The summed E-state index contributed by atoms with van der Waals surface area (Å²) in [6, 6.07) is 14.2. The van der Waals surface area contributed by atoms with Crippen molar-refractivity contribution < 1.29 is 17.9 Å². The first-order valence-electron chi connectivity index (χ1n) is 8.71. The van der Waals surface area contributed by atoms with Crippen LogP contribution in [-0.4, -0.2) is 32.2 Å². The molecule has 0 fully saturated rings. The highest BCUT2D eigenvalue weighted by Crippen LogP contribution is 2.40. The fraction of sp³-hybridized carbons (Fsp3) is 0.200. The van der Waals surface area contributed by atoms with E-state index in [0.29, 0.717) is 10.9 Å². The van der Waals surface area contributed by atoms with Gasteiger partial charge in [-0.3, -0.25) is 4.79 Å². The van der Waals surface area contributed by atoms with Gasteiger partial charge in [0.1, 0.15) is 5.75 Å². The van der Waals surface area contributed by atoms with Crippen molar-refractivity contribution in [2.24, 2.45) is 0 Å². The van der Waals surface area contributed by atoms with Gasteiger partial charge in [-0.05, 0) is 29.8 Å². The number of benzene rings is 2. The van der Waals surface area contributed by atoms with E-state index in [2.05, 4.69) is 16.4 Å². The second kappa shape index (κ2) is 7.37. The van der Waals surface area contributed by atoms with Crippen LogP contribution in [-0.2, 0) is 21.1 Å². The SMILES string of the molecule is COc1ccc(S(=O)(=O)CCC(=O)Nc2nc3c(s2)Cc2ccccc2-3)cc1. The van der Waals surface area contributed by atoms with Gasteiger partial charge in [-0.1, -0.05) is 24.3 Å². The lowest BCUT2D eigenvalue weighted by molar-refractivity contribution is -0.115. The minimum absolute atomic E-state index is 0.130. The number of methoxy groups -OCH3 is 1. The number of hydrogen-bond acceptors (Lipinski definition) is 6. The van der Waals surface area contributed by atoms with Gasteiger partial charge in [0.15, 0.2) is 15.0 Å². The van der Waals surface area contributed by atoms with Crippen molar-refractivity contribution in [1.82, 2.24) is 4.98 Å². The van der Waals surface area contributed by atoms with Crippen LogP contribution in [0, 0.1) is 0 Å². The minimum atomic E-state index is -3.54. The van der Waals surface area contributed by atoms with Gasteiger partial charge >= 0.3 is 0 Å². The van der Waals surface area contributed by atoms with E-state index in [9.17, 15) is 13.2 Å². The number of ether oxygens (including phenoxy) is 1. The Balaban J connectivity index is 1.39. The highest BCUT2D eigenvalue weighted by Gasteiger charge is 2.24. The van der Waals surface area contributed by atoms with Crippen LogP contribution < -0.4 is 10.1 Å². The molecule has 0 atom stereocenters. The number of sulfone groups is 1. The third-order valence-electron chi connectivity index (χ3n) is 4.58. The Morgan fingerprint density at radius 2 is 1.93 bits per heavy atom. The van der Waals surface area contributed by atoms with Crippen molar-refractivity contribution in [1.29, 1.82) is 0 Å². The number of carbonyl (C=O) groups is 1. The van der Waals surface area contributed by atoms with E-state index in [1.165, 1.54) is 36.1 Å². The number of amides is 1. The molecule has 1 amide bonds. The lowest BCUT2D eigenvalue weighted by Gasteiger charge is -2.06. The smallest absolute Gasteiger partial charge is 0.227 e. The van der Waals surface area contributed by atoms with Crippen LogP contribution in [0.25, 0.3) is 11.3 Å². The maximum atomic E-state index is 12.4. The normalized spacial score (nSPS) is 12.3. The number of hydrogen-bond donors (Lipinski definition) is 1. The highest BCUT2D eigenvalue weighted by molar-refractivity contribution is 7.91. The average molecular weight is 415 g/mol. The van der Waals surface area contributed by atoms with Gasteiger partial charge in [-0.15, -0.1) is 11.3 Å². The summed E-state index contributed by atoms with van der Waals surface area (Å²) in [5.74, 6) is -0.0492. The van der Waals surface area contributed by atoms with E-state index in [1.54, 1.807) is 12.1 Å². The Labute approximate surface area is 167 Å².